The number of esters is 2. The summed E-state index contributed by atoms with van der Waals surface area (Å²) in [6, 6.07) is -1.53. The molecule has 0 amide bonds. The summed E-state index contributed by atoms with van der Waals surface area (Å²) in [5, 5.41) is 8.91. The van der Waals surface area contributed by atoms with Crippen molar-refractivity contribution in [3.8, 4) is 0 Å². The standard InChI is InChI=1S/C49H88NO10P/c1-3-5-7-9-11-13-15-17-19-21-22-23-25-27-29-31-33-35-37-39-41-48(52)60-45(43-58-61(55,56)59-44-46(50)49(53)54)42-57-47(51)40-38-36-34-32-30-28-26-24-20-18-16-14-12-10-8-6-4-2/h12,14,18,20,26,28,32,34,45-46H,3-11,13,15-17,19,21-25,27,29-31,33,35-44,50H2,1-2H3,(H,53,54)(H,55,56)/b14-12+,20-18+,28-26+,34-32+/t45-,46+/m1/s1. The predicted molar refractivity (Wildman–Crippen MR) is 249 cm³/mol. The van der Waals surface area contributed by atoms with E-state index in [1.165, 1.54) is 122 Å². The van der Waals surface area contributed by atoms with Crippen LogP contribution in [0.1, 0.15) is 213 Å². The zero-order chi connectivity index (χ0) is 44.9. The number of carboxylic acid groups (broad SMARTS) is 1. The van der Waals surface area contributed by atoms with Crippen molar-refractivity contribution in [2.45, 2.75) is 225 Å². The number of rotatable bonds is 45. The van der Waals surface area contributed by atoms with Crippen LogP contribution in [0.2, 0.25) is 0 Å². The van der Waals surface area contributed by atoms with Gasteiger partial charge < -0.3 is 25.2 Å². The first-order chi connectivity index (χ1) is 29.6. The third-order valence-electron chi connectivity index (χ3n) is 10.3. The molecular weight excluding hydrogens is 794 g/mol. The molecule has 0 aromatic rings. The summed E-state index contributed by atoms with van der Waals surface area (Å²) in [7, 11) is -4.73. The summed E-state index contributed by atoms with van der Waals surface area (Å²) in [4.78, 5) is 46.1. The minimum absolute atomic E-state index is 0.146. The van der Waals surface area contributed by atoms with Crippen LogP contribution in [0.15, 0.2) is 48.6 Å². The van der Waals surface area contributed by atoms with Crippen molar-refractivity contribution in [2.24, 2.45) is 5.73 Å². The Morgan fingerprint density at radius 2 is 0.885 bits per heavy atom. The Morgan fingerprint density at radius 3 is 1.34 bits per heavy atom. The van der Waals surface area contributed by atoms with E-state index in [9.17, 15) is 23.8 Å². The molecule has 11 nitrogen and oxygen atoms in total. The molecule has 354 valence electrons. The lowest BCUT2D eigenvalue weighted by molar-refractivity contribution is -0.161. The van der Waals surface area contributed by atoms with Gasteiger partial charge in [-0.05, 0) is 51.4 Å². The Bertz CT molecular complexity index is 1220. The third kappa shape index (κ3) is 43.9. The van der Waals surface area contributed by atoms with E-state index in [-0.39, 0.29) is 19.4 Å². The molecule has 0 saturated carbocycles. The number of aliphatic carboxylic acids is 1. The van der Waals surface area contributed by atoms with E-state index in [1.54, 1.807) is 0 Å². The van der Waals surface area contributed by atoms with Gasteiger partial charge in [0.05, 0.1) is 13.2 Å². The summed E-state index contributed by atoms with van der Waals surface area (Å²) in [6.45, 7) is 2.75. The first-order valence-electron chi connectivity index (χ1n) is 24.2. The molecule has 1 unspecified atom stereocenters. The molecule has 0 spiro atoms. The van der Waals surface area contributed by atoms with Gasteiger partial charge in [-0.25, -0.2) is 4.57 Å². The van der Waals surface area contributed by atoms with Crippen LogP contribution in [0.3, 0.4) is 0 Å². The minimum atomic E-state index is -4.73. The number of carboxylic acids is 1. The highest BCUT2D eigenvalue weighted by molar-refractivity contribution is 7.47. The normalized spacial score (nSPS) is 14.0. The Labute approximate surface area is 371 Å². The molecule has 0 saturated heterocycles. The van der Waals surface area contributed by atoms with Gasteiger partial charge in [-0.1, -0.05) is 197 Å². The highest BCUT2D eigenvalue weighted by Crippen LogP contribution is 2.43. The van der Waals surface area contributed by atoms with Crippen LogP contribution in [-0.2, 0) is 37.5 Å². The van der Waals surface area contributed by atoms with Gasteiger partial charge in [-0.15, -0.1) is 0 Å². The van der Waals surface area contributed by atoms with E-state index in [1.807, 2.05) is 6.08 Å². The van der Waals surface area contributed by atoms with Gasteiger partial charge in [0, 0.05) is 12.8 Å². The van der Waals surface area contributed by atoms with Crippen LogP contribution in [0.5, 0.6) is 0 Å². The van der Waals surface area contributed by atoms with Crippen LogP contribution < -0.4 is 5.73 Å². The van der Waals surface area contributed by atoms with Gasteiger partial charge >= 0.3 is 25.7 Å². The number of unbranched alkanes of at least 4 members (excludes halogenated alkanes) is 23. The molecule has 0 rings (SSSR count). The molecule has 4 N–H and O–H groups in total. The van der Waals surface area contributed by atoms with Crippen molar-refractivity contribution < 1.29 is 47.5 Å². The molecular formula is C49H88NO10P. The summed E-state index contributed by atoms with van der Waals surface area (Å²) < 4.78 is 32.7. The van der Waals surface area contributed by atoms with E-state index in [0.29, 0.717) is 19.3 Å². The van der Waals surface area contributed by atoms with Gasteiger partial charge in [0.2, 0.25) is 0 Å². The number of ether oxygens (including phenoxy) is 2. The van der Waals surface area contributed by atoms with Crippen LogP contribution in [0.25, 0.3) is 0 Å². The Kier molecular flexibility index (Phi) is 42.2. The Hall–Kier alpha value is -2.56. The zero-order valence-electron chi connectivity index (χ0n) is 38.5. The van der Waals surface area contributed by atoms with Crippen molar-refractivity contribution in [3.63, 3.8) is 0 Å². The number of hydrogen-bond donors (Lipinski definition) is 3. The number of allylic oxidation sites excluding steroid dienone is 8. The highest BCUT2D eigenvalue weighted by atomic mass is 31.2. The lowest BCUT2D eigenvalue weighted by Gasteiger charge is -2.20. The predicted octanol–water partition coefficient (Wildman–Crippen LogP) is 13.3. The second-order valence-electron chi connectivity index (χ2n) is 16.2. The topological polar surface area (TPSA) is 172 Å². The second kappa shape index (κ2) is 44.1. The van der Waals surface area contributed by atoms with E-state index < -0.39 is 51.1 Å². The lowest BCUT2D eigenvalue weighted by atomic mass is 10.0. The molecule has 0 aliphatic carbocycles. The van der Waals surface area contributed by atoms with Gasteiger partial charge in [-0.3, -0.25) is 23.4 Å². The molecule has 61 heavy (non-hydrogen) atoms. The largest absolute Gasteiger partial charge is 0.480 e. The van der Waals surface area contributed by atoms with Gasteiger partial charge in [0.25, 0.3) is 0 Å². The van der Waals surface area contributed by atoms with Gasteiger partial charge in [0.1, 0.15) is 12.6 Å². The summed E-state index contributed by atoms with van der Waals surface area (Å²) in [5.74, 6) is -2.44. The third-order valence-corrected chi connectivity index (χ3v) is 11.3. The van der Waals surface area contributed by atoms with Crippen molar-refractivity contribution >= 4 is 25.7 Å². The summed E-state index contributed by atoms with van der Waals surface area (Å²) in [5.41, 5.74) is 5.34. The fourth-order valence-electron chi connectivity index (χ4n) is 6.53. The van der Waals surface area contributed by atoms with Crippen molar-refractivity contribution in [2.75, 3.05) is 19.8 Å². The Morgan fingerprint density at radius 1 is 0.508 bits per heavy atom. The number of phosphoric acid groups is 1. The first kappa shape index (κ1) is 58.4. The molecule has 0 aromatic carbocycles. The van der Waals surface area contributed by atoms with Crippen LogP contribution in [0.4, 0.5) is 0 Å². The fourth-order valence-corrected chi connectivity index (χ4v) is 7.31. The molecule has 0 bridgehead atoms. The molecule has 0 aliphatic rings. The van der Waals surface area contributed by atoms with Crippen LogP contribution in [-0.4, -0.2) is 59.9 Å². The number of carbonyl (C=O) groups is 3. The number of nitrogens with two attached hydrogens (primary N) is 1. The van der Waals surface area contributed by atoms with Gasteiger partial charge in [0.15, 0.2) is 6.10 Å². The van der Waals surface area contributed by atoms with Crippen molar-refractivity contribution in [1.29, 1.82) is 0 Å². The van der Waals surface area contributed by atoms with Crippen LogP contribution >= 0.6 is 7.82 Å². The number of phosphoric ester groups is 1. The molecule has 0 fully saturated rings. The second-order valence-corrected chi connectivity index (χ2v) is 17.7. The molecule has 0 radical (unpaired) electrons. The molecule has 0 aromatic heterocycles. The Balaban J connectivity index is 4.35. The maximum absolute atomic E-state index is 12.7. The SMILES string of the molecule is CCCCC/C=C/C/C=C/C/C=C/C/C=C/CCCC(=O)OC[C@H](COP(=O)(O)OC[C@H](N)C(=O)O)OC(=O)CCCCCCCCCCCCCCCCCCCCCC. The fraction of sp³-hybridized carbons (Fsp3) is 0.776. The quantitative estimate of drug-likeness (QED) is 0.0230. The van der Waals surface area contributed by atoms with E-state index in [4.69, 9.17) is 24.8 Å². The lowest BCUT2D eigenvalue weighted by Crippen LogP contribution is -2.34. The first-order valence-corrected chi connectivity index (χ1v) is 25.7. The highest BCUT2D eigenvalue weighted by Gasteiger charge is 2.28. The molecule has 0 heterocycles. The zero-order valence-corrected chi connectivity index (χ0v) is 39.4. The van der Waals surface area contributed by atoms with Crippen molar-refractivity contribution in [1.82, 2.24) is 0 Å². The maximum Gasteiger partial charge on any atom is 0.472 e. The summed E-state index contributed by atoms with van der Waals surface area (Å²) >= 11 is 0. The number of hydrogen-bond acceptors (Lipinski definition) is 9. The minimum Gasteiger partial charge on any atom is -0.480 e. The average Bonchev–Trinajstić information content (AvgIpc) is 3.24. The van der Waals surface area contributed by atoms with Gasteiger partial charge in [-0.2, -0.15) is 0 Å². The van der Waals surface area contributed by atoms with Crippen LogP contribution in [0, 0.1) is 0 Å². The summed E-state index contributed by atoms with van der Waals surface area (Å²) in [6.07, 6.45) is 50.4. The van der Waals surface area contributed by atoms with E-state index in [0.717, 1.165) is 44.9 Å². The number of carbonyl (C=O) groups excluding carboxylic acids is 2. The maximum atomic E-state index is 12.7. The molecule has 12 heteroatoms. The average molecular weight is 882 g/mol. The van der Waals surface area contributed by atoms with E-state index >= 15 is 0 Å². The van der Waals surface area contributed by atoms with E-state index in [2.05, 4.69) is 60.9 Å². The monoisotopic (exact) mass is 882 g/mol. The molecule has 0 aliphatic heterocycles. The van der Waals surface area contributed by atoms with Crippen molar-refractivity contribution in [3.05, 3.63) is 48.6 Å². The smallest absolute Gasteiger partial charge is 0.472 e. The molecule has 3 atom stereocenters.